The summed E-state index contributed by atoms with van der Waals surface area (Å²) in [7, 11) is 0. The third kappa shape index (κ3) is 2.96. The summed E-state index contributed by atoms with van der Waals surface area (Å²) in [5, 5.41) is 0. The van der Waals surface area contributed by atoms with E-state index in [-0.39, 0.29) is 5.97 Å². The Morgan fingerprint density at radius 3 is 2.71 bits per heavy atom. The maximum absolute atomic E-state index is 11.8. The van der Waals surface area contributed by atoms with E-state index in [1.54, 1.807) is 0 Å². The highest BCUT2D eigenvalue weighted by Crippen LogP contribution is 2.21. The fraction of sp³-hybridized carbons (Fsp3) is 0.400. The number of ether oxygens (including phenoxy) is 1. The van der Waals surface area contributed by atoms with Crippen LogP contribution in [0.15, 0.2) is 35.9 Å². The number of fused-ring (bicyclic) bond motifs is 1. The zero-order valence-corrected chi connectivity index (χ0v) is 10.4. The first-order valence-corrected chi connectivity index (χ1v) is 6.09. The van der Waals surface area contributed by atoms with Crippen LogP contribution < -0.4 is 0 Å². The van der Waals surface area contributed by atoms with Gasteiger partial charge in [0, 0.05) is 12.0 Å². The van der Waals surface area contributed by atoms with Crippen LogP contribution >= 0.6 is 0 Å². The van der Waals surface area contributed by atoms with E-state index < -0.39 is 0 Å². The first kappa shape index (κ1) is 11.9. The molecule has 0 N–H and O–H groups in total. The van der Waals surface area contributed by atoms with Crippen LogP contribution in [-0.2, 0) is 22.4 Å². The standard InChI is InChI=1S/C15H18O2/c1-11(2)10-17-15(16)14-8-7-12-5-3-4-6-13(12)9-14/h3-6,8,11H,7,9-10H2,1-2H3. The van der Waals surface area contributed by atoms with E-state index >= 15 is 0 Å². The summed E-state index contributed by atoms with van der Waals surface area (Å²) in [5.41, 5.74) is 3.35. The van der Waals surface area contributed by atoms with Gasteiger partial charge in [-0.15, -0.1) is 0 Å². The van der Waals surface area contributed by atoms with Gasteiger partial charge in [-0.25, -0.2) is 4.79 Å². The number of rotatable bonds is 3. The Kier molecular flexibility index (Phi) is 3.62. The van der Waals surface area contributed by atoms with E-state index in [2.05, 4.69) is 12.1 Å². The number of carbonyl (C=O) groups is 1. The van der Waals surface area contributed by atoms with Crippen molar-refractivity contribution in [1.29, 1.82) is 0 Å². The summed E-state index contributed by atoms with van der Waals surface area (Å²) in [5.74, 6) is 0.226. The predicted octanol–water partition coefficient (Wildman–Crippen LogP) is 2.91. The number of allylic oxidation sites excluding steroid dienone is 1. The van der Waals surface area contributed by atoms with E-state index in [0.29, 0.717) is 18.9 Å². The normalized spacial score (nSPS) is 14.2. The summed E-state index contributed by atoms with van der Waals surface area (Å²) in [6.07, 6.45) is 3.53. The molecule has 0 fully saturated rings. The van der Waals surface area contributed by atoms with E-state index in [9.17, 15) is 4.79 Å². The molecule has 0 aliphatic heterocycles. The molecular weight excluding hydrogens is 212 g/mol. The molecule has 0 heterocycles. The topological polar surface area (TPSA) is 26.3 Å². The monoisotopic (exact) mass is 230 g/mol. The fourth-order valence-corrected chi connectivity index (χ4v) is 1.93. The molecule has 0 aromatic heterocycles. The third-order valence-corrected chi connectivity index (χ3v) is 2.88. The maximum atomic E-state index is 11.8. The minimum absolute atomic E-state index is 0.159. The average Bonchev–Trinajstić information content (AvgIpc) is 2.35. The molecule has 1 aliphatic carbocycles. The van der Waals surface area contributed by atoms with Gasteiger partial charge >= 0.3 is 5.97 Å². The van der Waals surface area contributed by atoms with Crippen molar-refractivity contribution in [2.45, 2.75) is 26.7 Å². The Labute approximate surface area is 102 Å². The van der Waals surface area contributed by atoms with Gasteiger partial charge in [-0.2, -0.15) is 0 Å². The summed E-state index contributed by atoms with van der Waals surface area (Å²) in [4.78, 5) is 11.8. The number of hydrogen-bond donors (Lipinski definition) is 0. The zero-order chi connectivity index (χ0) is 12.3. The molecule has 17 heavy (non-hydrogen) atoms. The summed E-state index contributed by atoms with van der Waals surface area (Å²) >= 11 is 0. The van der Waals surface area contributed by atoms with Gasteiger partial charge in [0.15, 0.2) is 0 Å². The first-order valence-electron chi connectivity index (χ1n) is 6.09. The molecule has 0 radical (unpaired) electrons. The summed E-state index contributed by atoms with van der Waals surface area (Å²) in [6, 6.07) is 8.25. The SMILES string of the molecule is CC(C)COC(=O)C1=CCc2ccccc2C1. The largest absolute Gasteiger partial charge is 0.462 e. The lowest BCUT2D eigenvalue weighted by Gasteiger charge is -2.16. The highest BCUT2D eigenvalue weighted by molar-refractivity contribution is 5.89. The lowest BCUT2D eigenvalue weighted by molar-refractivity contribution is -0.140. The van der Waals surface area contributed by atoms with Crippen molar-refractivity contribution in [2.75, 3.05) is 6.61 Å². The van der Waals surface area contributed by atoms with Crippen molar-refractivity contribution in [3.05, 3.63) is 47.0 Å². The van der Waals surface area contributed by atoms with Crippen molar-refractivity contribution in [2.24, 2.45) is 5.92 Å². The van der Waals surface area contributed by atoms with Gasteiger partial charge in [-0.3, -0.25) is 0 Å². The van der Waals surface area contributed by atoms with Gasteiger partial charge in [0.05, 0.1) is 6.61 Å². The quantitative estimate of drug-likeness (QED) is 0.746. The molecule has 0 bridgehead atoms. The first-order chi connectivity index (χ1) is 8.16. The van der Waals surface area contributed by atoms with E-state index in [1.165, 1.54) is 11.1 Å². The highest BCUT2D eigenvalue weighted by atomic mass is 16.5. The number of hydrogen-bond acceptors (Lipinski definition) is 2. The van der Waals surface area contributed by atoms with Crippen molar-refractivity contribution in [1.82, 2.24) is 0 Å². The second-order valence-electron chi connectivity index (χ2n) is 4.87. The lowest BCUT2D eigenvalue weighted by atomic mass is 9.92. The molecule has 1 aromatic carbocycles. The van der Waals surface area contributed by atoms with E-state index in [4.69, 9.17) is 4.74 Å². The van der Waals surface area contributed by atoms with Crippen molar-refractivity contribution in [3.63, 3.8) is 0 Å². The van der Waals surface area contributed by atoms with Gasteiger partial charge in [0.25, 0.3) is 0 Å². The Morgan fingerprint density at radius 1 is 1.29 bits per heavy atom. The number of carbonyl (C=O) groups excluding carboxylic acids is 1. The molecule has 1 aromatic rings. The molecule has 1 aliphatic rings. The summed E-state index contributed by atoms with van der Waals surface area (Å²) in [6.45, 7) is 4.58. The highest BCUT2D eigenvalue weighted by Gasteiger charge is 2.17. The number of esters is 1. The van der Waals surface area contributed by atoms with Gasteiger partial charge in [0.1, 0.15) is 0 Å². The van der Waals surface area contributed by atoms with Crippen LogP contribution in [0.25, 0.3) is 0 Å². The molecule has 2 heteroatoms. The molecule has 0 atom stereocenters. The molecule has 0 unspecified atom stereocenters. The van der Waals surface area contributed by atoms with Crippen LogP contribution in [-0.4, -0.2) is 12.6 Å². The van der Waals surface area contributed by atoms with Gasteiger partial charge < -0.3 is 4.74 Å². The summed E-state index contributed by atoms with van der Waals surface area (Å²) < 4.78 is 5.25. The van der Waals surface area contributed by atoms with Gasteiger partial charge in [0.2, 0.25) is 0 Å². The molecule has 2 rings (SSSR count). The van der Waals surface area contributed by atoms with Crippen LogP contribution in [0.5, 0.6) is 0 Å². The van der Waals surface area contributed by atoms with E-state index in [1.807, 2.05) is 32.1 Å². The smallest absolute Gasteiger partial charge is 0.334 e. The second kappa shape index (κ2) is 5.17. The molecule has 2 nitrogen and oxygen atoms in total. The van der Waals surface area contributed by atoms with Crippen LogP contribution in [0.4, 0.5) is 0 Å². The van der Waals surface area contributed by atoms with Crippen LogP contribution in [0.2, 0.25) is 0 Å². The Hall–Kier alpha value is -1.57. The minimum Gasteiger partial charge on any atom is -0.462 e. The maximum Gasteiger partial charge on any atom is 0.334 e. The molecule has 90 valence electrons. The van der Waals surface area contributed by atoms with Gasteiger partial charge in [-0.1, -0.05) is 44.2 Å². The van der Waals surface area contributed by atoms with Crippen molar-refractivity contribution < 1.29 is 9.53 Å². The van der Waals surface area contributed by atoms with Crippen molar-refractivity contribution in [3.8, 4) is 0 Å². The molecule has 0 saturated carbocycles. The predicted molar refractivity (Wildman–Crippen MR) is 67.7 cm³/mol. The average molecular weight is 230 g/mol. The second-order valence-corrected chi connectivity index (χ2v) is 4.87. The number of benzene rings is 1. The van der Waals surface area contributed by atoms with Gasteiger partial charge in [-0.05, 0) is 23.5 Å². The Morgan fingerprint density at radius 2 is 2.00 bits per heavy atom. The van der Waals surface area contributed by atoms with E-state index in [0.717, 1.165) is 12.0 Å². The molecule has 0 saturated heterocycles. The lowest BCUT2D eigenvalue weighted by Crippen LogP contribution is -2.16. The zero-order valence-electron chi connectivity index (χ0n) is 10.4. The van der Waals surface area contributed by atoms with Crippen molar-refractivity contribution >= 4 is 5.97 Å². The Bertz CT molecular complexity index is 444. The fourth-order valence-electron chi connectivity index (χ4n) is 1.93. The Balaban J connectivity index is 2.01. The van der Waals surface area contributed by atoms with Crippen LogP contribution in [0.3, 0.4) is 0 Å². The van der Waals surface area contributed by atoms with Crippen LogP contribution in [0, 0.1) is 5.92 Å². The minimum atomic E-state index is -0.159. The van der Waals surface area contributed by atoms with Crippen LogP contribution in [0.1, 0.15) is 25.0 Å². The third-order valence-electron chi connectivity index (χ3n) is 2.88. The molecular formula is C15H18O2. The molecule has 0 spiro atoms. The molecule has 0 amide bonds.